The molecule has 1 aromatic heterocycles. The largest absolute Gasteiger partial charge is 0.463 e. The Morgan fingerprint density at radius 1 is 1.08 bits per heavy atom. The van der Waals surface area contributed by atoms with Crippen molar-refractivity contribution in [2.24, 2.45) is 0 Å². The molecule has 0 bridgehead atoms. The molecular formula is C19H15Cl2NO3. The average molecular weight is 376 g/mol. The third-order valence-electron chi connectivity index (χ3n) is 4.15. The summed E-state index contributed by atoms with van der Waals surface area (Å²) in [5, 5.41) is 1.85. The Balaban J connectivity index is 2.14. The van der Waals surface area contributed by atoms with Crippen LogP contribution < -0.4 is 0 Å². The van der Waals surface area contributed by atoms with Gasteiger partial charge < -0.3 is 9.30 Å². The Kier molecular flexibility index (Phi) is 4.84. The maximum Gasteiger partial charge on any atom is 0.379 e. The van der Waals surface area contributed by atoms with E-state index in [1.54, 1.807) is 30.3 Å². The van der Waals surface area contributed by atoms with E-state index in [2.05, 4.69) is 4.74 Å². The molecule has 0 fully saturated rings. The highest BCUT2D eigenvalue weighted by molar-refractivity contribution is 6.42. The molecule has 0 aliphatic rings. The maximum atomic E-state index is 12.3. The van der Waals surface area contributed by atoms with Crippen molar-refractivity contribution in [3.63, 3.8) is 0 Å². The quantitative estimate of drug-likeness (QED) is 0.378. The standard InChI is InChI=1S/C19H15Cl2NO3/c1-11-9-13-12(18(23)19(24)25-2)5-3-8-17(13)22(11)10-14-15(20)6-4-7-16(14)21/h3-9H,10H2,1-2H3. The van der Waals surface area contributed by atoms with Gasteiger partial charge in [0, 0.05) is 37.8 Å². The molecule has 4 nitrogen and oxygen atoms in total. The fraction of sp³-hybridized carbons (Fsp3) is 0.158. The minimum atomic E-state index is -0.882. The Hall–Kier alpha value is -2.30. The number of rotatable bonds is 4. The van der Waals surface area contributed by atoms with Crippen molar-refractivity contribution in [1.29, 1.82) is 0 Å². The van der Waals surface area contributed by atoms with E-state index in [0.29, 0.717) is 27.5 Å². The van der Waals surface area contributed by atoms with E-state index in [4.69, 9.17) is 23.2 Å². The predicted molar refractivity (Wildman–Crippen MR) is 98.6 cm³/mol. The number of carbonyl (C=O) groups excluding carboxylic acids is 2. The Morgan fingerprint density at radius 3 is 2.36 bits per heavy atom. The first-order chi connectivity index (χ1) is 11.9. The number of fused-ring (bicyclic) bond motifs is 1. The lowest BCUT2D eigenvalue weighted by Crippen LogP contribution is -2.15. The first-order valence-electron chi connectivity index (χ1n) is 7.58. The summed E-state index contributed by atoms with van der Waals surface area (Å²) in [5.41, 5.74) is 2.87. The van der Waals surface area contributed by atoms with Crippen molar-refractivity contribution in [1.82, 2.24) is 4.57 Å². The number of methoxy groups -OCH3 is 1. The van der Waals surface area contributed by atoms with Crippen molar-refractivity contribution in [2.75, 3.05) is 7.11 Å². The Labute approximate surface area is 154 Å². The smallest absolute Gasteiger partial charge is 0.379 e. The van der Waals surface area contributed by atoms with Gasteiger partial charge in [0.1, 0.15) is 0 Å². The van der Waals surface area contributed by atoms with Gasteiger partial charge in [0.2, 0.25) is 0 Å². The van der Waals surface area contributed by atoms with Crippen LogP contribution in [-0.2, 0) is 16.1 Å². The van der Waals surface area contributed by atoms with Gasteiger partial charge in [-0.1, -0.05) is 41.4 Å². The van der Waals surface area contributed by atoms with Crippen molar-refractivity contribution < 1.29 is 14.3 Å². The van der Waals surface area contributed by atoms with E-state index in [9.17, 15) is 9.59 Å². The molecule has 0 unspecified atom stereocenters. The molecule has 0 amide bonds. The second-order valence-corrected chi connectivity index (χ2v) is 6.45. The summed E-state index contributed by atoms with van der Waals surface area (Å²) >= 11 is 12.6. The Bertz CT molecular complexity index is 971. The summed E-state index contributed by atoms with van der Waals surface area (Å²) in [7, 11) is 1.19. The minimum Gasteiger partial charge on any atom is -0.463 e. The second-order valence-electron chi connectivity index (χ2n) is 5.63. The number of esters is 1. The van der Waals surface area contributed by atoms with Gasteiger partial charge in [-0.3, -0.25) is 4.79 Å². The lowest BCUT2D eigenvalue weighted by molar-refractivity contribution is -0.135. The third kappa shape index (κ3) is 3.15. The molecule has 3 aromatic rings. The van der Waals surface area contributed by atoms with Gasteiger partial charge >= 0.3 is 5.97 Å². The van der Waals surface area contributed by atoms with E-state index in [-0.39, 0.29) is 0 Å². The summed E-state index contributed by atoms with van der Waals surface area (Å²) in [6, 6.07) is 12.5. The van der Waals surface area contributed by atoms with E-state index >= 15 is 0 Å². The maximum absolute atomic E-state index is 12.3. The average Bonchev–Trinajstić information content (AvgIpc) is 2.92. The summed E-state index contributed by atoms with van der Waals surface area (Å²) in [6.07, 6.45) is 0. The third-order valence-corrected chi connectivity index (χ3v) is 4.85. The number of nitrogens with zero attached hydrogens (tertiary/aromatic N) is 1. The molecule has 3 rings (SSSR count). The van der Waals surface area contributed by atoms with Gasteiger partial charge in [0.25, 0.3) is 5.78 Å². The number of benzene rings is 2. The highest BCUT2D eigenvalue weighted by atomic mass is 35.5. The topological polar surface area (TPSA) is 48.3 Å². The molecule has 0 aliphatic carbocycles. The number of ketones is 1. The molecule has 0 aliphatic heterocycles. The van der Waals surface area contributed by atoms with Crippen molar-refractivity contribution in [3.8, 4) is 0 Å². The monoisotopic (exact) mass is 375 g/mol. The minimum absolute atomic E-state index is 0.316. The first kappa shape index (κ1) is 17.5. The SMILES string of the molecule is COC(=O)C(=O)c1cccc2c1cc(C)n2Cc1c(Cl)cccc1Cl. The summed E-state index contributed by atoms with van der Waals surface area (Å²) in [5.74, 6) is -1.55. The van der Waals surface area contributed by atoms with Crippen LogP contribution in [0.15, 0.2) is 42.5 Å². The normalized spacial score (nSPS) is 10.9. The zero-order chi connectivity index (χ0) is 18.1. The van der Waals surface area contributed by atoms with Gasteiger partial charge in [-0.15, -0.1) is 0 Å². The zero-order valence-corrected chi connectivity index (χ0v) is 15.2. The van der Waals surface area contributed by atoms with Gasteiger partial charge in [-0.25, -0.2) is 4.79 Å². The highest BCUT2D eigenvalue weighted by Crippen LogP contribution is 2.29. The molecule has 128 valence electrons. The van der Waals surface area contributed by atoms with Crippen LogP contribution in [0.1, 0.15) is 21.6 Å². The number of aryl methyl sites for hydroxylation is 1. The van der Waals surface area contributed by atoms with E-state index in [1.165, 1.54) is 7.11 Å². The zero-order valence-electron chi connectivity index (χ0n) is 13.7. The van der Waals surface area contributed by atoms with Gasteiger partial charge in [0.15, 0.2) is 0 Å². The van der Waals surface area contributed by atoms with Crippen LogP contribution in [0.3, 0.4) is 0 Å². The highest BCUT2D eigenvalue weighted by Gasteiger charge is 2.21. The first-order valence-corrected chi connectivity index (χ1v) is 8.34. The predicted octanol–water partition coefficient (Wildman–Crippen LogP) is 4.66. The van der Waals surface area contributed by atoms with Gasteiger partial charge in [0.05, 0.1) is 13.7 Å². The van der Waals surface area contributed by atoms with Crippen LogP contribution in [0.5, 0.6) is 0 Å². The lowest BCUT2D eigenvalue weighted by Gasteiger charge is -2.12. The summed E-state index contributed by atoms with van der Waals surface area (Å²) in [6.45, 7) is 2.39. The molecule has 0 saturated carbocycles. The Morgan fingerprint density at radius 2 is 1.72 bits per heavy atom. The molecule has 0 N–H and O–H groups in total. The molecule has 1 heterocycles. The second kappa shape index (κ2) is 6.90. The molecule has 0 saturated heterocycles. The summed E-state index contributed by atoms with van der Waals surface area (Å²) in [4.78, 5) is 23.9. The molecule has 2 aromatic carbocycles. The van der Waals surface area contributed by atoms with Crippen molar-refractivity contribution >= 4 is 45.9 Å². The van der Waals surface area contributed by atoms with Crippen LogP contribution in [-0.4, -0.2) is 23.4 Å². The molecule has 0 atom stereocenters. The molecular weight excluding hydrogens is 361 g/mol. The molecule has 6 heteroatoms. The van der Waals surface area contributed by atoms with Crippen LogP contribution in [0, 0.1) is 6.92 Å². The number of carbonyl (C=O) groups is 2. The van der Waals surface area contributed by atoms with Crippen LogP contribution in [0.25, 0.3) is 10.9 Å². The molecule has 0 spiro atoms. The van der Waals surface area contributed by atoms with Gasteiger partial charge in [-0.2, -0.15) is 0 Å². The number of aromatic nitrogens is 1. The number of hydrogen-bond acceptors (Lipinski definition) is 3. The molecule has 25 heavy (non-hydrogen) atoms. The van der Waals surface area contributed by atoms with Gasteiger partial charge in [-0.05, 0) is 31.2 Å². The van der Waals surface area contributed by atoms with E-state index in [0.717, 1.165) is 16.8 Å². The van der Waals surface area contributed by atoms with Crippen molar-refractivity contribution in [2.45, 2.75) is 13.5 Å². The number of Topliss-reactive ketones (excluding diaryl/α,β-unsaturated/α-hetero) is 1. The summed E-state index contributed by atoms with van der Waals surface area (Å²) < 4.78 is 6.56. The number of halogens is 2. The molecule has 0 radical (unpaired) electrons. The van der Waals surface area contributed by atoms with Crippen molar-refractivity contribution in [3.05, 3.63) is 69.3 Å². The van der Waals surface area contributed by atoms with Crippen LogP contribution in [0.2, 0.25) is 10.0 Å². The van der Waals surface area contributed by atoms with E-state index < -0.39 is 11.8 Å². The van der Waals surface area contributed by atoms with Crippen LogP contribution >= 0.6 is 23.2 Å². The van der Waals surface area contributed by atoms with Crippen LogP contribution in [0.4, 0.5) is 0 Å². The number of hydrogen-bond donors (Lipinski definition) is 0. The number of ether oxygens (including phenoxy) is 1. The lowest BCUT2D eigenvalue weighted by atomic mass is 10.1. The fourth-order valence-corrected chi connectivity index (χ4v) is 3.39. The van der Waals surface area contributed by atoms with E-state index in [1.807, 2.05) is 23.6 Å². The fourth-order valence-electron chi connectivity index (χ4n) is 2.87.